The highest BCUT2D eigenvalue weighted by Crippen LogP contribution is 2.27. The molecule has 0 atom stereocenters. The maximum atomic E-state index is 5.41. The fraction of sp³-hybridized carbons (Fsp3) is 0.786. The average molecular weight is 299 g/mol. The van der Waals surface area contributed by atoms with Crippen LogP contribution in [0.2, 0.25) is 0 Å². The van der Waals surface area contributed by atoms with Crippen LogP contribution in [0.25, 0.3) is 0 Å². The van der Waals surface area contributed by atoms with E-state index in [1.54, 1.807) is 7.11 Å². The summed E-state index contributed by atoms with van der Waals surface area (Å²) in [6.07, 6.45) is 2.19. The summed E-state index contributed by atoms with van der Waals surface area (Å²) in [6, 6.07) is 0. The number of aryl methyl sites for hydroxylation is 1. The van der Waals surface area contributed by atoms with Crippen LogP contribution in [0.15, 0.2) is 0 Å². The van der Waals surface area contributed by atoms with Crippen LogP contribution in [0.5, 0.6) is 0 Å². The Hall–Kier alpha value is -0.690. The molecule has 0 bridgehead atoms. The molecule has 0 radical (unpaired) electrons. The second-order valence-corrected chi connectivity index (χ2v) is 5.95. The number of thiazole rings is 1. The van der Waals surface area contributed by atoms with E-state index in [4.69, 9.17) is 14.5 Å². The van der Waals surface area contributed by atoms with Crippen molar-refractivity contribution in [1.82, 2.24) is 10.3 Å². The molecule has 0 amide bonds. The second kappa shape index (κ2) is 8.56. The molecule has 2 heterocycles. The number of hydrogen-bond donors (Lipinski definition) is 1. The first kappa shape index (κ1) is 15.7. The third-order valence-corrected chi connectivity index (χ3v) is 4.46. The third-order valence-electron chi connectivity index (χ3n) is 3.30. The van der Waals surface area contributed by atoms with Crippen molar-refractivity contribution in [2.75, 3.05) is 51.5 Å². The molecular weight excluding hydrogens is 274 g/mol. The number of morpholine rings is 1. The zero-order chi connectivity index (χ0) is 14.2. The van der Waals surface area contributed by atoms with Gasteiger partial charge < -0.3 is 19.7 Å². The van der Waals surface area contributed by atoms with Crippen LogP contribution in [0.3, 0.4) is 0 Å². The summed E-state index contributed by atoms with van der Waals surface area (Å²) in [5.41, 5.74) is 1.25. The van der Waals surface area contributed by atoms with Crippen LogP contribution in [0.1, 0.15) is 23.9 Å². The van der Waals surface area contributed by atoms with Crippen molar-refractivity contribution in [2.24, 2.45) is 0 Å². The van der Waals surface area contributed by atoms with Gasteiger partial charge in [-0.05, 0) is 6.42 Å². The standard InChI is InChI=1S/C14H25N3O2S/c1-3-4-12-13(11-15-5-8-18-2)20-14(16-12)17-6-9-19-10-7-17/h15H,3-11H2,1-2H3. The summed E-state index contributed by atoms with van der Waals surface area (Å²) >= 11 is 1.82. The largest absolute Gasteiger partial charge is 0.383 e. The smallest absolute Gasteiger partial charge is 0.185 e. The Morgan fingerprint density at radius 2 is 2.20 bits per heavy atom. The minimum absolute atomic E-state index is 0.748. The summed E-state index contributed by atoms with van der Waals surface area (Å²) in [6.45, 7) is 8.25. The molecule has 0 aliphatic carbocycles. The predicted molar refractivity (Wildman–Crippen MR) is 82.7 cm³/mol. The third kappa shape index (κ3) is 4.41. The van der Waals surface area contributed by atoms with Crippen LogP contribution in [0.4, 0.5) is 5.13 Å². The van der Waals surface area contributed by atoms with Gasteiger partial charge in [0.15, 0.2) is 5.13 Å². The molecule has 114 valence electrons. The lowest BCUT2D eigenvalue weighted by atomic mass is 10.2. The molecule has 1 saturated heterocycles. The van der Waals surface area contributed by atoms with Gasteiger partial charge in [-0.25, -0.2) is 4.98 Å². The summed E-state index contributed by atoms with van der Waals surface area (Å²) in [4.78, 5) is 8.54. The van der Waals surface area contributed by atoms with Crippen molar-refractivity contribution in [3.8, 4) is 0 Å². The SMILES string of the molecule is CCCc1nc(N2CCOCC2)sc1CNCCOC. The van der Waals surface area contributed by atoms with Gasteiger partial charge >= 0.3 is 0 Å². The van der Waals surface area contributed by atoms with E-state index in [0.29, 0.717) is 0 Å². The molecule has 6 heteroatoms. The lowest BCUT2D eigenvalue weighted by molar-refractivity contribution is 0.122. The van der Waals surface area contributed by atoms with Crippen molar-refractivity contribution in [2.45, 2.75) is 26.3 Å². The van der Waals surface area contributed by atoms with Crippen molar-refractivity contribution in [1.29, 1.82) is 0 Å². The number of nitrogens with one attached hydrogen (secondary N) is 1. The number of rotatable bonds is 8. The van der Waals surface area contributed by atoms with Gasteiger partial charge in [0.1, 0.15) is 0 Å². The molecule has 2 rings (SSSR count). The highest BCUT2D eigenvalue weighted by atomic mass is 32.1. The topological polar surface area (TPSA) is 46.6 Å². The van der Waals surface area contributed by atoms with Gasteiger partial charge in [0, 0.05) is 38.2 Å². The summed E-state index contributed by atoms with van der Waals surface area (Å²) in [7, 11) is 1.73. The highest BCUT2D eigenvalue weighted by molar-refractivity contribution is 7.15. The number of hydrogen-bond acceptors (Lipinski definition) is 6. The maximum Gasteiger partial charge on any atom is 0.185 e. The van der Waals surface area contributed by atoms with Crippen LogP contribution < -0.4 is 10.2 Å². The van der Waals surface area contributed by atoms with E-state index in [1.807, 2.05) is 11.3 Å². The second-order valence-electron chi connectivity index (χ2n) is 4.89. The van der Waals surface area contributed by atoms with Gasteiger partial charge in [-0.15, -0.1) is 11.3 Å². The molecule has 1 N–H and O–H groups in total. The first-order chi connectivity index (χ1) is 9.85. The van der Waals surface area contributed by atoms with Crippen LogP contribution in [-0.4, -0.2) is 51.5 Å². The Bertz CT molecular complexity index is 392. The van der Waals surface area contributed by atoms with E-state index >= 15 is 0 Å². The van der Waals surface area contributed by atoms with Gasteiger partial charge in [0.05, 0.1) is 25.5 Å². The fourth-order valence-corrected chi connectivity index (χ4v) is 3.33. The summed E-state index contributed by atoms with van der Waals surface area (Å²) in [5, 5.41) is 4.57. The number of ether oxygens (including phenoxy) is 2. The Kier molecular flexibility index (Phi) is 6.72. The number of anilines is 1. The first-order valence-corrected chi connectivity index (χ1v) is 8.17. The van der Waals surface area contributed by atoms with E-state index < -0.39 is 0 Å². The van der Waals surface area contributed by atoms with Crippen molar-refractivity contribution in [3.05, 3.63) is 10.6 Å². The molecule has 1 aromatic heterocycles. The van der Waals surface area contributed by atoms with Gasteiger partial charge in [0.2, 0.25) is 0 Å². The minimum Gasteiger partial charge on any atom is -0.383 e. The summed E-state index contributed by atoms with van der Waals surface area (Å²) < 4.78 is 10.5. The van der Waals surface area contributed by atoms with E-state index in [-0.39, 0.29) is 0 Å². The van der Waals surface area contributed by atoms with Gasteiger partial charge in [-0.3, -0.25) is 0 Å². The normalized spacial score (nSPS) is 15.8. The molecule has 1 aromatic rings. The minimum atomic E-state index is 0.748. The Morgan fingerprint density at radius 3 is 2.90 bits per heavy atom. The van der Waals surface area contributed by atoms with Crippen LogP contribution >= 0.6 is 11.3 Å². The fourth-order valence-electron chi connectivity index (χ4n) is 2.21. The predicted octanol–water partition coefficient (Wildman–Crippen LogP) is 1.67. The molecule has 5 nitrogen and oxygen atoms in total. The lowest BCUT2D eigenvalue weighted by Gasteiger charge is -2.26. The lowest BCUT2D eigenvalue weighted by Crippen LogP contribution is -2.36. The number of aromatic nitrogens is 1. The van der Waals surface area contributed by atoms with Crippen molar-refractivity contribution < 1.29 is 9.47 Å². The van der Waals surface area contributed by atoms with Crippen LogP contribution in [0, 0.1) is 0 Å². The monoisotopic (exact) mass is 299 g/mol. The van der Waals surface area contributed by atoms with E-state index in [9.17, 15) is 0 Å². The number of methoxy groups -OCH3 is 1. The Labute approximate surface area is 125 Å². The summed E-state index contributed by atoms with van der Waals surface area (Å²) in [5.74, 6) is 0. The molecule has 1 aliphatic heterocycles. The van der Waals surface area contributed by atoms with Crippen molar-refractivity contribution >= 4 is 16.5 Å². The molecule has 1 aliphatic rings. The van der Waals surface area contributed by atoms with Crippen molar-refractivity contribution in [3.63, 3.8) is 0 Å². The molecule has 0 spiro atoms. The quantitative estimate of drug-likeness (QED) is 0.740. The molecule has 0 aromatic carbocycles. The molecule has 0 saturated carbocycles. The highest BCUT2D eigenvalue weighted by Gasteiger charge is 2.17. The number of nitrogens with zero attached hydrogens (tertiary/aromatic N) is 2. The molecule has 20 heavy (non-hydrogen) atoms. The zero-order valence-corrected chi connectivity index (χ0v) is 13.3. The van der Waals surface area contributed by atoms with Gasteiger partial charge in [-0.1, -0.05) is 13.3 Å². The Morgan fingerprint density at radius 1 is 1.40 bits per heavy atom. The molecular formula is C14H25N3O2S. The zero-order valence-electron chi connectivity index (χ0n) is 12.5. The van der Waals surface area contributed by atoms with E-state index in [1.165, 1.54) is 10.6 Å². The molecule has 0 unspecified atom stereocenters. The maximum absolute atomic E-state index is 5.41. The van der Waals surface area contributed by atoms with E-state index in [0.717, 1.165) is 64.0 Å². The first-order valence-electron chi connectivity index (χ1n) is 7.36. The average Bonchev–Trinajstić information content (AvgIpc) is 2.88. The Balaban J connectivity index is 1.98. The van der Waals surface area contributed by atoms with Gasteiger partial charge in [-0.2, -0.15) is 0 Å². The van der Waals surface area contributed by atoms with E-state index in [2.05, 4.69) is 17.1 Å². The molecule has 1 fully saturated rings. The van der Waals surface area contributed by atoms with Gasteiger partial charge in [0.25, 0.3) is 0 Å². The van der Waals surface area contributed by atoms with Crippen LogP contribution in [-0.2, 0) is 22.4 Å².